The fourth-order valence-electron chi connectivity index (χ4n) is 1.76. The number of nitrogens with zero attached hydrogens (tertiary/aromatic N) is 2. The molecule has 96 valence electrons. The zero-order valence-corrected chi connectivity index (χ0v) is 11.4. The third kappa shape index (κ3) is 3.15. The summed E-state index contributed by atoms with van der Waals surface area (Å²) in [6, 6.07) is 10.3. The summed E-state index contributed by atoms with van der Waals surface area (Å²) in [4.78, 5) is 4.39. The van der Waals surface area contributed by atoms with Crippen LogP contribution < -0.4 is 0 Å². The van der Waals surface area contributed by atoms with E-state index in [-0.39, 0.29) is 6.61 Å². The second-order valence-corrected chi connectivity index (χ2v) is 5.17. The number of hydrogen-bond donors (Lipinski definition) is 1. The van der Waals surface area contributed by atoms with Gasteiger partial charge in [-0.1, -0.05) is 49.0 Å². The van der Waals surface area contributed by atoms with Crippen LogP contribution in [0, 0.1) is 0 Å². The summed E-state index contributed by atoms with van der Waals surface area (Å²) < 4.78 is 2.09. The fraction of sp³-hybridized carbons (Fsp3) is 0.357. The maximum absolute atomic E-state index is 9.37. The third-order valence-electron chi connectivity index (χ3n) is 2.68. The molecule has 4 heteroatoms. The Kier molecular flexibility index (Phi) is 4.84. The van der Waals surface area contributed by atoms with E-state index in [1.54, 1.807) is 18.0 Å². The molecule has 0 atom stereocenters. The summed E-state index contributed by atoms with van der Waals surface area (Å²) in [6.45, 7) is 2.96. The van der Waals surface area contributed by atoms with E-state index in [2.05, 4.69) is 28.6 Å². The lowest BCUT2D eigenvalue weighted by Crippen LogP contribution is -2.06. The Labute approximate surface area is 112 Å². The monoisotopic (exact) mass is 262 g/mol. The van der Waals surface area contributed by atoms with Crippen LogP contribution in [0.4, 0.5) is 0 Å². The number of aliphatic hydroxyl groups is 1. The summed E-state index contributed by atoms with van der Waals surface area (Å²) in [5, 5.41) is 10.4. The Morgan fingerprint density at radius 2 is 2.06 bits per heavy atom. The van der Waals surface area contributed by atoms with E-state index in [0.717, 1.165) is 29.6 Å². The van der Waals surface area contributed by atoms with Gasteiger partial charge in [-0.25, -0.2) is 4.98 Å². The predicted molar refractivity (Wildman–Crippen MR) is 74.7 cm³/mol. The second kappa shape index (κ2) is 6.61. The number of imidazole rings is 1. The van der Waals surface area contributed by atoms with Gasteiger partial charge in [0.1, 0.15) is 0 Å². The molecule has 0 radical (unpaired) electrons. The van der Waals surface area contributed by atoms with E-state index < -0.39 is 0 Å². The molecule has 0 spiro atoms. The van der Waals surface area contributed by atoms with Gasteiger partial charge < -0.3 is 9.67 Å². The van der Waals surface area contributed by atoms with Crippen molar-refractivity contribution in [2.45, 2.75) is 31.7 Å². The number of thioether (sulfide) groups is 1. The highest BCUT2D eigenvalue weighted by Gasteiger charge is 2.09. The Morgan fingerprint density at radius 3 is 2.72 bits per heavy atom. The van der Waals surface area contributed by atoms with Crippen LogP contribution in [0.2, 0.25) is 0 Å². The van der Waals surface area contributed by atoms with Crippen LogP contribution in [-0.2, 0) is 13.2 Å². The van der Waals surface area contributed by atoms with Crippen molar-refractivity contribution >= 4 is 11.8 Å². The van der Waals surface area contributed by atoms with Crippen molar-refractivity contribution in [1.29, 1.82) is 0 Å². The van der Waals surface area contributed by atoms with E-state index in [0.29, 0.717) is 0 Å². The molecule has 2 aromatic rings. The maximum Gasteiger partial charge on any atom is 0.168 e. The van der Waals surface area contributed by atoms with Gasteiger partial charge in [-0.3, -0.25) is 0 Å². The second-order valence-electron chi connectivity index (χ2n) is 4.11. The minimum atomic E-state index is 0.0342. The van der Waals surface area contributed by atoms with Crippen LogP contribution in [-0.4, -0.2) is 20.4 Å². The Balaban J connectivity index is 2.21. The van der Waals surface area contributed by atoms with Crippen molar-refractivity contribution in [2.75, 3.05) is 5.75 Å². The Bertz CT molecular complexity index is 482. The summed E-state index contributed by atoms with van der Waals surface area (Å²) in [6.07, 6.45) is 2.89. The summed E-state index contributed by atoms with van der Waals surface area (Å²) >= 11 is 1.74. The molecule has 1 N–H and O–H groups in total. The minimum absolute atomic E-state index is 0.0342. The molecule has 0 aliphatic heterocycles. The lowest BCUT2D eigenvalue weighted by Gasteiger charge is -2.10. The summed E-state index contributed by atoms with van der Waals surface area (Å²) in [5.41, 5.74) is 2.10. The van der Waals surface area contributed by atoms with Crippen molar-refractivity contribution < 1.29 is 5.11 Å². The zero-order valence-electron chi connectivity index (χ0n) is 10.5. The molecule has 0 amide bonds. The molecule has 18 heavy (non-hydrogen) atoms. The number of hydrogen-bond acceptors (Lipinski definition) is 3. The van der Waals surface area contributed by atoms with Crippen LogP contribution in [0.15, 0.2) is 41.7 Å². The normalized spacial score (nSPS) is 10.8. The molecule has 1 aromatic heterocycles. The van der Waals surface area contributed by atoms with E-state index in [9.17, 15) is 5.11 Å². The zero-order chi connectivity index (χ0) is 12.8. The van der Waals surface area contributed by atoms with E-state index >= 15 is 0 Å². The molecule has 0 aliphatic rings. The Morgan fingerprint density at radius 1 is 1.28 bits per heavy atom. The summed E-state index contributed by atoms with van der Waals surface area (Å²) in [7, 11) is 0. The smallest absolute Gasteiger partial charge is 0.168 e. The van der Waals surface area contributed by atoms with Gasteiger partial charge >= 0.3 is 0 Å². The van der Waals surface area contributed by atoms with E-state index in [1.807, 2.05) is 18.2 Å². The highest BCUT2D eigenvalue weighted by atomic mass is 32.2. The molecular formula is C14H18N2OS. The van der Waals surface area contributed by atoms with Crippen molar-refractivity contribution in [3.63, 3.8) is 0 Å². The van der Waals surface area contributed by atoms with Gasteiger partial charge in [0.25, 0.3) is 0 Å². The van der Waals surface area contributed by atoms with Crippen LogP contribution in [0.1, 0.15) is 24.6 Å². The van der Waals surface area contributed by atoms with Gasteiger partial charge in [-0.05, 0) is 12.0 Å². The van der Waals surface area contributed by atoms with Gasteiger partial charge in [0, 0.05) is 12.3 Å². The average molecular weight is 262 g/mol. The first-order valence-electron chi connectivity index (χ1n) is 6.17. The van der Waals surface area contributed by atoms with Crippen molar-refractivity contribution in [1.82, 2.24) is 9.55 Å². The molecule has 1 heterocycles. The SMILES string of the molecule is CCCSc1ncc(CO)n1Cc1ccccc1. The lowest BCUT2D eigenvalue weighted by atomic mass is 10.2. The quantitative estimate of drug-likeness (QED) is 0.813. The molecule has 0 fully saturated rings. The molecule has 0 saturated heterocycles. The number of benzene rings is 1. The van der Waals surface area contributed by atoms with Crippen molar-refractivity contribution in [3.8, 4) is 0 Å². The van der Waals surface area contributed by atoms with Crippen LogP contribution in [0.5, 0.6) is 0 Å². The van der Waals surface area contributed by atoms with Crippen LogP contribution >= 0.6 is 11.8 Å². The van der Waals surface area contributed by atoms with E-state index in [4.69, 9.17) is 0 Å². The van der Waals surface area contributed by atoms with Crippen molar-refractivity contribution in [3.05, 3.63) is 47.8 Å². The molecule has 3 nitrogen and oxygen atoms in total. The van der Waals surface area contributed by atoms with Gasteiger partial charge in [0.2, 0.25) is 0 Å². The number of aliphatic hydroxyl groups excluding tert-OH is 1. The minimum Gasteiger partial charge on any atom is -0.390 e. The maximum atomic E-state index is 9.37. The molecular weight excluding hydrogens is 244 g/mol. The molecule has 0 saturated carbocycles. The lowest BCUT2D eigenvalue weighted by molar-refractivity contribution is 0.270. The topological polar surface area (TPSA) is 38.1 Å². The molecule has 0 aliphatic carbocycles. The first-order chi connectivity index (χ1) is 8.85. The Hall–Kier alpha value is -1.26. The highest BCUT2D eigenvalue weighted by Crippen LogP contribution is 2.20. The number of rotatable bonds is 6. The van der Waals surface area contributed by atoms with Gasteiger partial charge in [-0.2, -0.15) is 0 Å². The molecule has 2 rings (SSSR count). The van der Waals surface area contributed by atoms with Gasteiger partial charge in [0.15, 0.2) is 5.16 Å². The third-order valence-corrected chi connectivity index (χ3v) is 3.88. The summed E-state index contributed by atoms with van der Waals surface area (Å²) in [5.74, 6) is 1.05. The average Bonchev–Trinajstić information content (AvgIpc) is 2.80. The first-order valence-corrected chi connectivity index (χ1v) is 7.15. The van der Waals surface area contributed by atoms with Crippen LogP contribution in [0.3, 0.4) is 0 Å². The standard InChI is InChI=1S/C14H18N2OS/c1-2-8-18-14-15-9-13(11-17)16(14)10-12-6-4-3-5-7-12/h3-7,9,17H,2,8,10-11H2,1H3. The molecule has 1 aromatic carbocycles. The van der Waals surface area contributed by atoms with Crippen LogP contribution in [0.25, 0.3) is 0 Å². The largest absolute Gasteiger partial charge is 0.390 e. The van der Waals surface area contributed by atoms with Crippen molar-refractivity contribution in [2.24, 2.45) is 0 Å². The van der Waals surface area contributed by atoms with Gasteiger partial charge in [0.05, 0.1) is 18.5 Å². The first kappa shape index (κ1) is 13.2. The highest BCUT2D eigenvalue weighted by molar-refractivity contribution is 7.99. The number of aromatic nitrogens is 2. The molecule has 0 unspecified atom stereocenters. The predicted octanol–water partition coefficient (Wildman–Crippen LogP) is 2.93. The van der Waals surface area contributed by atoms with Gasteiger partial charge in [-0.15, -0.1) is 0 Å². The fourth-order valence-corrected chi connectivity index (χ4v) is 2.61. The van der Waals surface area contributed by atoms with E-state index in [1.165, 1.54) is 5.56 Å². The molecule has 0 bridgehead atoms.